The van der Waals surface area contributed by atoms with Crippen LogP contribution in [0.4, 0.5) is 0 Å². The van der Waals surface area contributed by atoms with E-state index in [1.54, 1.807) is 0 Å². The SMILES string of the molecule is CC(C)CC1CN=C(NCc2ccccn2)S1. The van der Waals surface area contributed by atoms with Crippen LogP contribution in [0.2, 0.25) is 0 Å². The maximum Gasteiger partial charge on any atom is 0.157 e. The summed E-state index contributed by atoms with van der Waals surface area (Å²) in [5.74, 6) is 0.748. The zero-order valence-corrected chi connectivity index (χ0v) is 11.2. The summed E-state index contributed by atoms with van der Waals surface area (Å²) in [5, 5.41) is 5.08. The lowest BCUT2D eigenvalue weighted by Gasteiger charge is -2.11. The van der Waals surface area contributed by atoms with E-state index < -0.39 is 0 Å². The number of aromatic nitrogens is 1. The van der Waals surface area contributed by atoms with Crippen molar-refractivity contribution in [2.75, 3.05) is 6.54 Å². The molecule has 2 rings (SSSR count). The zero-order valence-electron chi connectivity index (χ0n) is 10.4. The Bertz CT molecular complexity index is 376. The molecule has 0 amide bonds. The first-order chi connectivity index (χ1) is 8.24. The molecule has 4 heteroatoms. The lowest BCUT2D eigenvalue weighted by molar-refractivity contribution is 0.575. The highest BCUT2D eigenvalue weighted by Gasteiger charge is 2.20. The molecule has 0 aromatic carbocycles. The normalized spacial score (nSPS) is 19.5. The van der Waals surface area contributed by atoms with Gasteiger partial charge in [0.15, 0.2) is 5.17 Å². The zero-order chi connectivity index (χ0) is 12.1. The van der Waals surface area contributed by atoms with E-state index >= 15 is 0 Å². The van der Waals surface area contributed by atoms with E-state index in [2.05, 4.69) is 29.1 Å². The van der Waals surface area contributed by atoms with Crippen molar-refractivity contribution in [1.29, 1.82) is 0 Å². The summed E-state index contributed by atoms with van der Waals surface area (Å²) in [6.07, 6.45) is 3.06. The third-order valence-corrected chi connectivity index (χ3v) is 3.77. The van der Waals surface area contributed by atoms with Gasteiger partial charge in [-0.2, -0.15) is 0 Å². The Morgan fingerprint density at radius 2 is 2.35 bits per heavy atom. The Balaban J connectivity index is 1.75. The van der Waals surface area contributed by atoms with Crippen molar-refractivity contribution in [3.63, 3.8) is 0 Å². The fourth-order valence-corrected chi connectivity index (χ4v) is 3.08. The summed E-state index contributed by atoms with van der Waals surface area (Å²) < 4.78 is 0. The van der Waals surface area contributed by atoms with Gasteiger partial charge in [0, 0.05) is 11.4 Å². The number of hydrogen-bond donors (Lipinski definition) is 1. The minimum atomic E-state index is 0.654. The molecule has 1 atom stereocenters. The largest absolute Gasteiger partial charge is 0.359 e. The quantitative estimate of drug-likeness (QED) is 0.891. The van der Waals surface area contributed by atoms with E-state index in [0.29, 0.717) is 5.25 Å². The Kier molecular flexibility index (Phi) is 4.42. The van der Waals surface area contributed by atoms with Crippen LogP contribution in [0.3, 0.4) is 0 Å². The molecule has 1 aromatic rings. The summed E-state index contributed by atoms with van der Waals surface area (Å²) in [5.41, 5.74) is 1.06. The van der Waals surface area contributed by atoms with Gasteiger partial charge in [-0.1, -0.05) is 31.7 Å². The number of thioether (sulfide) groups is 1. The average Bonchev–Trinajstić information content (AvgIpc) is 2.75. The van der Waals surface area contributed by atoms with Crippen molar-refractivity contribution in [1.82, 2.24) is 10.3 Å². The first-order valence-corrected chi connectivity index (χ1v) is 6.97. The minimum Gasteiger partial charge on any atom is -0.359 e. The van der Waals surface area contributed by atoms with Crippen LogP contribution in [0.5, 0.6) is 0 Å². The highest BCUT2D eigenvalue weighted by Crippen LogP contribution is 2.25. The van der Waals surface area contributed by atoms with Gasteiger partial charge in [0.1, 0.15) is 0 Å². The molecule has 3 nitrogen and oxygen atoms in total. The smallest absolute Gasteiger partial charge is 0.157 e. The Labute approximate surface area is 107 Å². The second kappa shape index (κ2) is 6.05. The Morgan fingerprint density at radius 1 is 1.47 bits per heavy atom. The van der Waals surface area contributed by atoms with Crippen LogP contribution in [-0.2, 0) is 6.54 Å². The molecule has 0 bridgehead atoms. The van der Waals surface area contributed by atoms with Gasteiger partial charge in [0.25, 0.3) is 0 Å². The number of pyridine rings is 1. The average molecular weight is 249 g/mol. The Hall–Kier alpha value is -1.03. The second-order valence-electron chi connectivity index (χ2n) is 4.69. The van der Waals surface area contributed by atoms with Gasteiger partial charge in [0.05, 0.1) is 18.8 Å². The van der Waals surface area contributed by atoms with Crippen LogP contribution in [0.15, 0.2) is 29.4 Å². The predicted octanol–water partition coefficient (Wildman–Crippen LogP) is 2.69. The molecule has 0 spiro atoms. The Morgan fingerprint density at radius 3 is 3.06 bits per heavy atom. The summed E-state index contributed by atoms with van der Waals surface area (Å²) in [6.45, 7) is 6.24. The summed E-state index contributed by atoms with van der Waals surface area (Å²) in [6, 6.07) is 5.97. The van der Waals surface area contributed by atoms with Gasteiger partial charge in [-0.3, -0.25) is 9.98 Å². The molecule has 0 radical (unpaired) electrons. The maximum absolute atomic E-state index is 4.53. The topological polar surface area (TPSA) is 37.3 Å². The van der Waals surface area contributed by atoms with Crippen LogP contribution in [0.1, 0.15) is 26.0 Å². The van der Waals surface area contributed by atoms with Gasteiger partial charge >= 0.3 is 0 Å². The van der Waals surface area contributed by atoms with Gasteiger partial charge < -0.3 is 5.32 Å². The first kappa shape index (κ1) is 12.4. The van der Waals surface area contributed by atoms with Crippen molar-refractivity contribution in [3.05, 3.63) is 30.1 Å². The molecule has 1 unspecified atom stereocenters. The van der Waals surface area contributed by atoms with Gasteiger partial charge in [0.2, 0.25) is 0 Å². The molecule has 92 valence electrons. The summed E-state index contributed by atoms with van der Waals surface area (Å²) in [4.78, 5) is 8.81. The number of nitrogens with one attached hydrogen (secondary N) is 1. The van der Waals surface area contributed by atoms with Gasteiger partial charge in [-0.25, -0.2) is 0 Å². The molecule has 1 aliphatic heterocycles. The molecular formula is C13H19N3S. The predicted molar refractivity (Wildman–Crippen MR) is 74.2 cm³/mol. The molecule has 17 heavy (non-hydrogen) atoms. The van der Waals surface area contributed by atoms with Crippen molar-refractivity contribution in [2.24, 2.45) is 10.9 Å². The number of amidine groups is 1. The van der Waals surface area contributed by atoms with E-state index in [1.165, 1.54) is 6.42 Å². The third-order valence-electron chi connectivity index (χ3n) is 2.60. The van der Waals surface area contributed by atoms with Gasteiger partial charge in [-0.15, -0.1) is 0 Å². The molecule has 0 saturated heterocycles. The summed E-state index contributed by atoms with van der Waals surface area (Å²) >= 11 is 1.87. The van der Waals surface area contributed by atoms with E-state index in [9.17, 15) is 0 Å². The van der Waals surface area contributed by atoms with Crippen molar-refractivity contribution < 1.29 is 0 Å². The third kappa shape index (κ3) is 4.04. The van der Waals surface area contributed by atoms with Crippen LogP contribution in [0, 0.1) is 5.92 Å². The van der Waals surface area contributed by atoms with E-state index in [4.69, 9.17) is 0 Å². The molecule has 0 fully saturated rings. The van der Waals surface area contributed by atoms with Crippen molar-refractivity contribution in [2.45, 2.75) is 32.1 Å². The minimum absolute atomic E-state index is 0.654. The molecule has 2 heterocycles. The number of aliphatic imine (C=N–C) groups is 1. The first-order valence-electron chi connectivity index (χ1n) is 6.09. The van der Waals surface area contributed by atoms with Crippen LogP contribution < -0.4 is 5.32 Å². The maximum atomic E-state index is 4.53. The van der Waals surface area contributed by atoms with Crippen LogP contribution in [0.25, 0.3) is 0 Å². The molecule has 1 aromatic heterocycles. The van der Waals surface area contributed by atoms with Gasteiger partial charge in [-0.05, 0) is 24.5 Å². The molecule has 1 N–H and O–H groups in total. The van der Waals surface area contributed by atoms with Crippen molar-refractivity contribution >= 4 is 16.9 Å². The van der Waals surface area contributed by atoms with Crippen LogP contribution in [-0.4, -0.2) is 21.9 Å². The highest BCUT2D eigenvalue weighted by atomic mass is 32.2. The highest BCUT2D eigenvalue weighted by molar-refractivity contribution is 8.14. The number of rotatable bonds is 4. The lowest BCUT2D eigenvalue weighted by atomic mass is 10.1. The fraction of sp³-hybridized carbons (Fsp3) is 0.538. The van der Waals surface area contributed by atoms with E-state index in [1.807, 2.05) is 36.2 Å². The summed E-state index contributed by atoms with van der Waals surface area (Å²) in [7, 11) is 0. The van der Waals surface area contributed by atoms with Crippen LogP contribution >= 0.6 is 11.8 Å². The van der Waals surface area contributed by atoms with E-state index in [-0.39, 0.29) is 0 Å². The number of nitrogens with zero attached hydrogens (tertiary/aromatic N) is 2. The van der Waals surface area contributed by atoms with Crippen molar-refractivity contribution in [3.8, 4) is 0 Å². The molecular weight excluding hydrogens is 230 g/mol. The number of hydrogen-bond acceptors (Lipinski definition) is 4. The molecule has 1 aliphatic rings. The second-order valence-corrected chi connectivity index (χ2v) is 5.98. The monoisotopic (exact) mass is 249 g/mol. The van der Waals surface area contributed by atoms with E-state index in [0.717, 1.165) is 29.9 Å². The standard InChI is InChI=1S/C13H19N3S/c1-10(2)7-12-9-16-13(17-12)15-8-11-5-3-4-6-14-11/h3-6,10,12H,7-9H2,1-2H3,(H,15,16). The molecule has 0 saturated carbocycles. The lowest BCUT2D eigenvalue weighted by Crippen LogP contribution is -2.19. The molecule has 0 aliphatic carbocycles. The fourth-order valence-electron chi connectivity index (χ4n) is 1.83.